The minimum absolute atomic E-state index is 0.155. The summed E-state index contributed by atoms with van der Waals surface area (Å²) in [6, 6.07) is 5.11. The average molecular weight is 229 g/mol. The molecule has 1 aliphatic rings. The van der Waals surface area contributed by atoms with E-state index in [4.69, 9.17) is 4.74 Å². The predicted molar refractivity (Wildman–Crippen MR) is 56.3 cm³/mol. The molecule has 0 aromatic heterocycles. The quantitative estimate of drug-likeness (QED) is 0.842. The number of anilines is 1. The van der Waals surface area contributed by atoms with Crippen LogP contribution in [-0.2, 0) is 0 Å². The number of benzene rings is 1. The van der Waals surface area contributed by atoms with Gasteiger partial charge in [0.25, 0.3) is 0 Å². The van der Waals surface area contributed by atoms with Crippen LogP contribution in [0.1, 0.15) is 12.8 Å². The van der Waals surface area contributed by atoms with Crippen molar-refractivity contribution in [1.29, 1.82) is 0 Å². The van der Waals surface area contributed by atoms with Crippen LogP contribution in [0.3, 0.4) is 0 Å². The molecule has 0 spiro atoms. The summed E-state index contributed by atoms with van der Waals surface area (Å²) in [6.45, 7) is -2.81. The van der Waals surface area contributed by atoms with Gasteiger partial charge in [0.15, 0.2) is 0 Å². The molecule has 1 aromatic carbocycles. The molecule has 1 saturated carbocycles. The van der Waals surface area contributed by atoms with E-state index in [0.717, 1.165) is 12.8 Å². The Bertz CT molecular complexity index is 367. The van der Waals surface area contributed by atoms with E-state index in [0.29, 0.717) is 17.5 Å². The lowest BCUT2D eigenvalue weighted by molar-refractivity contribution is -0.0494. The lowest BCUT2D eigenvalue weighted by Gasteiger charge is -2.13. The SMILES string of the molecule is COc1ccc(OC(F)F)c(NC2CC2)c1. The number of halogens is 2. The molecule has 0 unspecified atom stereocenters. The number of hydrogen-bond acceptors (Lipinski definition) is 3. The normalized spacial score (nSPS) is 15.0. The molecule has 2 rings (SSSR count). The first-order chi connectivity index (χ1) is 7.69. The Morgan fingerprint density at radius 3 is 2.69 bits per heavy atom. The summed E-state index contributed by atoms with van der Waals surface area (Å²) in [6.07, 6.45) is 2.12. The second-order valence-electron chi connectivity index (χ2n) is 3.66. The van der Waals surface area contributed by atoms with Gasteiger partial charge in [-0.15, -0.1) is 0 Å². The summed E-state index contributed by atoms with van der Waals surface area (Å²) in [4.78, 5) is 0. The highest BCUT2D eigenvalue weighted by Gasteiger charge is 2.23. The van der Waals surface area contributed by atoms with Crippen molar-refractivity contribution >= 4 is 5.69 Å². The van der Waals surface area contributed by atoms with Crippen LogP contribution in [0.5, 0.6) is 11.5 Å². The molecule has 0 radical (unpaired) electrons. The van der Waals surface area contributed by atoms with E-state index >= 15 is 0 Å². The zero-order chi connectivity index (χ0) is 11.5. The highest BCUT2D eigenvalue weighted by atomic mass is 19.3. The van der Waals surface area contributed by atoms with Crippen LogP contribution in [0.4, 0.5) is 14.5 Å². The Labute approximate surface area is 92.4 Å². The van der Waals surface area contributed by atoms with Gasteiger partial charge < -0.3 is 14.8 Å². The molecule has 0 saturated heterocycles. The molecule has 0 amide bonds. The van der Waals surface area contributed by atoms with E-state index in [1.165, 1.54) is 13.2 Å². The molecule has 0 bridgehead atoms. The highest BCUT2D eigenvalue weighted by Crippen LogP contribution is 2.34. The first kappa shape index (κ1) is 11.0. The van der Waals surface area contributed by atoms with Gasteiger partial charge in [-0.1, -0.05) is 0 Å². The van der Waals surface area contributed by atoms with Crippen LogP contribution in [0.15, 0.2) is 18.2 Å². The monoisotopic (exact) mass is 229 g/mol. The van der Waals surface area contributed by atoms with Crippen molar-refractivity contribution in [3.63, 3.8) is 0 Å². The first-order valence-electron chi connectivity index (χ1n) is 5.08. The lowest BCUT2D eigenvalue weighted by atomic mass is 10.2. The number of hydrogen-bond donors (Lipinski definition) is 1. The van der Waals surface area contributed by atoms with Gasteiger partial charge >= 0.3 is 6.61 Å². The summed E-state index contributed by atoms with van der Waals surface area (Å²) in [7, 11) is 1.53. The standard InChI is InChI=1S/C11H13F2NO2/c1-15-8-4-5-10(16-11(12)13)9(6-8)14-7-2-3-7/h4-7,11,14H,2-3H2,1H3. The van der Waals surface area contributed by atoms with Crippen LogP contribution in [0, 0.1) is 0 Å². The van der Waals surface area contributed by atoms with Gasteiger partial charge in [-0.3, -0.25) is 0 Å². The minimum atomic E-state index is -2.81. The van der Waals surface area contributed by atoms with E-state index in [2.05, 4.69) is 10.1 Å². The third kappa shape index (κ3) is 2.74. The minimum Gasteiger partial charge on any atom is -0.497 e. The van der Waals surface area contributed by atoms with Crippen molar-refractivity contribution < 1.29 is 18.3 Å². The first-order valence-corrected chi connectivity index (χ1v) is 5.08. The van der Waals surface area contributed by atoms with Gasteiger partial charge in [0.2, 0.25) is 0 Å². The van der Waals surface area contributed by atoms with Gasteiger partial charge in [0.05, 0.1) is 12.8 Å². The molecule has 88 valence electrons. The fourth-order valence-electron chi connectivity index (χ4n) is 1.40. The molecule has 1 N–H and O–H groups in total. The van der Waals surface area contributed by atoms with Crippen molar-refractivity contribution in [3.8, 4) is 11.5 Å². The predicted octanol–water partition coefficient (Wildman–Crippen LogP) is 2.87. The molecule has 0 atom stereocenters. The summed E-state index contributed by atoms with van der Waals surface area (Å²) in [5.41, 5.74) is 0.558. The largest absolute Gasteiger partial charge is 0.497 e. The molecule has 0 heterocycles. The zero-order valence-corrected chi connectivity index (χ0v) is 8.87. The van der Waals surface area contributed by atoms with Crippen molar-refractivity contribution in [2.45, 2.75) is 25.5 Å². The van der Waals surface area contributed by atoms with Crippen molar-refractivity contribution in [3.05, 3.63) is 18.2 Å². The Morgan fingerprint density at radius 2 is 2.12 bits per heavy atom. The molecule has 3 nitrogen and oxygen atoms in total. The molecule has 16 heavy (non-hydrogen) atoms. The van der Waals surface area contributed by atoms with Gasteiger partial charge in [-0.25, -0.2) is 0 Å². The summed E-state index contributed by atoms with van der Waals surface area (Å²) < 4.78 is 33.8. The Balaban J connectivity index is 2.19. The van der Waals surface area contributed by atoms with Gasteiger partial charge in [0, 0.05) is 12.1 Å². The second kappa shape index (κ2) is 4.55. The van der Waals surface area contributed by atoms with Crippen LogP contribution >= 0.6 is 0 Å². The summed E-state index contributed by atoms with van der Waals surface area (Å²) in [5.74, 6) is 0.771. The number of ether oxygens (including phenoxy) is 2. The smallest absolute Gasteiger partial charge is 0.387 e. The Hall–Kier alpha value is -1.52. The van der Waals surface area contributed by atoms with Crippen molar-refractivity contribution in [1.82, 2.24) is 0 Å². The van der Waals surface area contributed by atoms with E-state index in [9.17, 15) is 8.78 Å². The fourth-order valence-corrected chi connectivity index (χ4v) is 1.40. The van der Waals surface area contributed by atoms with E-state index in [1.807, 2.05) is 0 Å². The fraction of sp³-hybridized carbons (Fsp3) is 0.455. The average Bonchev–Trinajstić information content (AvgIpc) is 3.04. The third-order valence-corrected chi connectivity index (χ3v) is 2.34. The highest BCUT2D eigenvalue weighted by molar-refractivity contribution is 5.60. The Kier molecular flexibility index (Phi) is 3.12. The summed E-state index contributed by atoms with van der Waals surface area (Å²) >= 11 is 0. The second-order valence-corrected chi connectivity index (χ2v) is 3.66. The molecule has 1 fully saturated rings. The number of alkyl halides is 2. The maximum Gasteiger partial charge on any atom is 0.387 e. The molecule has 0 aliphatic heterocycles. The lowest BCUT2D eigenvalue weighted by Crippen LogP contribution is -2.07. The molecule has 5 heteroatoms. The molecular weight excluding hydrogens is 216 g/mol. The van der Waals surface area contributed by atoms with Crippen LogP contribution in [0.25, 0.3) is 0 Å². The van der Waals surface area contributed by atoms with Crippen molar-refractivity contribution in [2.24, 2.45) is 0 Å². The van der Waals surface area contributed by atoms with Crippen LogP contribution < -0.4 is 14.8 Å². The van der Waals surface area contributed by atoms with Gasteiger partial charge in [-0.2, -0.15) is 8.78 Å². The number of rotatable bonds is 5. The summed E-state index contributed by atoms with van der Waals surface area (Å²) in [5, 5.41) is 3.13. The molecular formula is C11H13F2NO2. The third-order valence-electron chi connectivity index (χ3n) is 2.34. The van der Waals surface area contributed by atoms with Crippen LogP contribution in [0.2, 0.25) is 0 Å². The van der Waals surface area contributed by atoms with E-state index < -0.39 is 6.61 Å². The number of nitrogens with one attached hydrogen (secondary N) is 1. The molecule has 1 aliphatic carbocycles. The van der Waals surface area contributed by atoms with Crippen molar-refractivity contribution in [2.75, 3.05) is 12.4 Å². The van der Waals surface area contributed by atoms with Gasteiger partial charge in [0.1, 0.15) is 11.5 Å². The van der Waals surface area contributed by atoms with E-state index in [-0.39, 0.29) is 5.75 Å². The number of methoxy groups -OCH3 is 1. The topological polar surface area (TPSA) is 30.5 Å². The maximum atomic E-state index is 12.2. The van der Waals surface area contributed by atoms with Crippen LogP contribution in [-0.4, -0.2) is 19.8 Å². The molecule has 1 aromatic rings. The van der Waals surface area contributed by atoms with E-state index in [1.54, 1.807) is 12.1 Å². The zero-order valence-electron chi connectivity index (χ0n) is 8.87. The maximum absolute atomic E-state index is 12.2. The van der Waals surface area contributed by atoms with Gasteiger partial charge in [-0.05, 0) is 25.0 Å². The Morgan fingerprint density at radius 1 is 1.38 bits per heavy atom.